The van der Waals surface area contributed by atoms with Gasteiger partial charge < -0.3 is 5.32 Å². The average Bonchev–Trinajstić information content (AvgIpc) is 2.39. The first-order chi connectivity index (χ1) is 8.59. The molecule has 1 aromatic carbocycles. The fraction of sp³-hybridized carbons (Fsp3) is 0.625. The zero-order valence-corrected chi connectivity index (χ0v) is 12.2. The summed E-state index contributed by atoms with van der Waals surface area (Å²) in [7, 11) is 0. The summed E-state index contributed by atoms with van der Waals surface area (Å²) < 4.78 is 0. The van der Waals surface area contributed by atoms with E-state index in [1.54, 1.807) is 0 Å². The second-order valence-electron chi connectivity index (χ2n) is 5.73. The van der Waals surface area contributed by atoms with Crippen molar-refractivity contribution in [1.29, 1.82) is 0 Å². The van der Waals surface area contributed by atoms with Crippen molar-refractivity contribution in [3.05, 3.63) is 34.9 Å². The Labute approximate surface area is 111 Å². The fourth-order valence-electron chi connectivity index (χ4n) is 2.73. The molecule has 0 amide bonds. The molecule has 1 fully saturated rings. The maximum Gasteiger partial charge on any atom is 0.0323 e. The Morgan fingerprint density at radius 2 is 1.78 bits per heavy atom. The SMILES string of the molecule is Cc1ccc(C(C)C)cc1C(C)N1CCNCC1. The van der Waals surface area contributed by atoms with Gasteiger partial charge in [0.1, 0.15) is 0 Å². The van der Waals surface area contributed by atoms with Crippen LogP contribution in [0.15, 0.2) is 18.2 Å². The molecule has 2 heteroatoms. The first-order valence-electron chi connectivity index (χ1n) is 7.15. The van der Waals surface area contributed by atoms with Crippen molar-refractivity contribution >= 4 is 0 Å². The van der Waals surface area contributed by atoms with Gasteiger partial charge >= 0.3 is 0 Å². The van der Waals surface area contributed by atoms with E-state index in [1.807, 2.05) is 0 Å². The molecule has 2 nitrogen and oxygen atoms in total. The van der Waals surface area contributed by atoms with Crippen LogP contribution >= 0.6 is 0 Å². The summed E-state index contributed by atoms with van der Waals surface area (Å²) in [5.74, 6) is 0.611. The Hall–Kier alpha value is -0.860. The van der Waals surface area contributed by atoms with Crippen LogP contribution in [-0.4, -0.2) is 31.1 Å². The molecule has 18 heavy (non-hydrogen) atoms. The van der Waals surface area contributed by atoms with E-state index in [2.05, 4.69) is 56.1 Å². The molecule has 1 aliphatic heterocycles. The van der Waals surface area contributed by atoms with Gasteiger partial charge in [-0.25, -0.2) is 0 Å². The summed E-state index contributed by atoms with van der Waals surface area (Å²) in [4.78, 5) is 2.59. The topological polar surface area (TPSA) is 15.3 Å². The minimum absolute atomic E-state index is 0.533. The molecule has 1 heterocycles. The molecule has 2 rings (SSSR count). The van der Waals surface area contributed by atoms with Crippen LogP contribution in [0.3, 0.4) is 0 Å². The maximum atomic E-state index is 3.42. The van der Waals surface area contributed by atoms with E-state index < -0.39 is 0 Å². The Balaban J connectivity index is 2.22. The van der Waals surface area contributed by atoms with E-state index in [4.69, 9.17) is 0 Å². The molecule has 1 saturated heterocycles. The third-order valence-electron chi connectivity index (χ3n) is 4.12. The smallest absolute Gasteiger partial charge is 0.0323 e. The van der Waals surface area contributed by atoms with E-state index in [-0.39, 0.29) is 0 Å². The maximum absolute atomic E-state index is 3.42. The summed E-state index contributed by atoms with van der Waals surface area (Å²) in [6, 6.07) is 7.50. The lowest BCUT2D eigenvalue weighted by atomic mass is 9.94. The Bertz CT molecular complexity index is 392. The van der Waals surface area contributed by atoms with E-state index in [0.29, 0.717) is 12.0 Å². The summed E-state index contributed by atoms with van der Waals surface area (Å²) in [5, 5.41) is 3.42. The first kappa shape index (κ1) is 13.6. The largest absolute Gasteiger partial charge is 0.314 e. The number of hydrogen-bond donors (Lipinski definition) is 1. The molecule has 0 aromatic heterocycles. The highest BCUT2D eigenvalue weighted by Crippen LogP contribution is 2.27. The third-order valence-corrected chi connectivity index (χ3v) is 4.12. The Kier molecular flexibility index (Phi) is 4.41. The highest BCUT2D eigenvalue weighted by Gasteiger charge is 2.19. The summed E-state index contributed by atoms with van der Waals surface area (Å²) in [6.07, 6.45) is 0. The van der Waals surface area contributed by atoms with Gasteiger partial charge in [0.25, 0.3) is 0 Å². The second-order valence-corrected chi connectivity index (χ2v) is 5.73. The molecule has 1 N–H and O–H groups in total. The van der Waals surface area contributed by atoms with Crippen molar-refractivity contribution in [3.8, 4) is 0 Å². The van der Waals surface area contributed by atoms with Crippen LogP contribution in [0.25, 0.3) is 0 Å². The molecule has 1 aromatic rings. The molecule has 100 valence electrons. The predicted molar refractivity (Wildman–Crippen MR) is 78.1 cm³/mol. The summed E-state index contributed by atoms with van der Waals surface area (Å²) >= 11 is 0. The quantitative estimate of drug-likeness (QED) is 0.881. The highest BCUT2D eigenvalue weighted by molar-refractivity contribution is 5.34. The van der Waals surface area contributed by atoms with E-state index in [1.165, 1.54) is 16.7 Å². The molecule has 0 aliphatic carbocycles. The molecule has 1 unspecified atom stereocenters. The van der Waals surface area contributed by atoms with Crippen molar-refractivity contribution in [2.24, 2.45) is 0 Å². The van der Waals surface area contributed by atoms with Crippen LogP contribution in [0.2, 0.25) is 0 Å². The number of piperazine rings is 1. The minimum atomic E-state index is 0.533. The van der Waals surface area contributed by atoms with Gasteiger partial charge in [-0.3, -0.25) is 4.90 Å². The van der Waals surface area contributed by atoms with Gasteiger partial charge in [-0.15, -0.1) is 0 Å². The number of hydrogen-bond acceptors (Lipinski definition) is 2. The number of nitrogens with zero attached hydrogens (tertiary/aromatic N) is 1. The molecule has 0 bridgehead atoms. The van der Waals surface area contributed by atoms with Gasteiger partial charge in [0.2, 0.25) is 0 Å². The number of nitrogens with one attached hydrogen (secondary N) is 1. The van der Waals surface area contributed by atoms with Crippen molar-refractivity contribution < 1.29 is 0 Å². The molecule has 1 aliphatic rings. The van der Waals surface area contributed by atoms with Gasteiger partial charge in [0, 0.05) is 32.2 Å². The zero-order valence-electron chi connectivity index (χ0n) is 12.2. The normalized spacial score (nSPS) is 19.2. The van der Waals surface area contributed by atoms with Crippen molar-refractivity contribution in [2.45, 2.75) is 39.7 Å². The number of aryl methyl sites for hydroxylation is 1. The van der Waals surface area contributed by atoms with Crippen LogP contribution in [0.5, 0.6) is 0 Å². The first-order valence-corrected chi connectivity index (χ1v) is 7.15. The summed E-state index contributed by atoms with van der Waals surface area (Å²) in [5.41, 5.74) is 4.38. The molecule has 0 radical (unpaired) electrons. The van der Waals surface area contributed by atoms with E-state index in [0.717, 1.165) is 26.2 Å². The predicted octanol–water partition coefficient (Wildman–Crippen LogP) is 3.08. The van der Waals surface area contributed by atoms with Crippen LogP contribution in [0.1, 0.15) is 49.4 Å². The lowest BCUT2D eigenvalue weighted by Crippen LogP contribution is -2.44. The number of rotatable bonds is 3. The monoisotopic (exact) mass is 246 g/mol. The van der Waals surface area contributed by atoms with Gasteiger partial charge in [0.05, 0.1) is 0 Å². The van der Waals surface area contributed by atoms with Crippen molar-refractivity contribution in [3.63, 3.8) is 0 Å². The Morgan fingerprint density at radius 3 is 2.39 bits per heavy atom. The molecule has 0 spiro atoms. The lowest BCUT2D eigenvalue weighted by Gasteiger charge is -2.34. The van der Waals surface area contributed by atoms with Gasteiger partial charge in [0.15, 0.2) is 0 Å². The van der Waals surface area contributed by atoms with Gasteiger partial charge in [-0.2, -0.15) is 0 Å². The van der Waals surface area contributed by atoms with Gasteiger partial charge in [-0.05, 0) is 36.5 Å². The standard InChI is InChI=1S/C16H26N2/c1-12(2)15-6-5-13(3)16(11-15)14(4)18-9-7-17-8-10-18/h5-6,11-12,14,17H,7-10H2,1-4H3. The van der Waals surface area contributed by atoms with Crippen LogP contribution in [0.4, 0.5) is 0 Å². The Morgan fingerprint density at radius 1 is 1.11 bits per heavy atom. The second kappa shape index (κ2) is 5.85. The fourth-order valence-corrected chi connectivity index (χ4v) is 2.73. The van der Waals surface area contributed by atoms with Crippen LogP contribution < -0.4 is 5.32 Å². The van der Waals surface area contributed by atoms with Crippen molar-refractivity contribution in [1.82, 2.24) is 10.2 Å². The molecule has 1 atom stereocenters. The van der Waals surface area contributed by atoms with Crippen LogP contribution in [-0.2, 0) is 0 Å². The zero-order chi connectivity index (χ0) is 13.1. The molecular formula is C16H26N2. The van der Waals surface area contributed by atoms with Crippen LogP contribution in [0, 0.1) is 6.92 Å². The molecular weight excluding hydrogens is 220 g/mol. The minimum Gasteiger partial charge on any atom is -0.314 e. The van der Waals surface area contributed by atoms with E-state index in [9.17, 15) is 0 Å². The van der Waals surface area contributed by atoms with E-state index >= 15 is 0 Å². The average molecular weight is 246 g/mol. The third kappa shape index (κ3) is 2.93. The highest BCUT2D eigenvalue weighted by atomic mass is 15.2. The van der Waals surface area contributed by atoms with Crippen molar-refractivity contribution in [2.75, 3.05) is 26.2 Å². The van der Waals surface area contributed by atoms with Gasteiger partial charge in [-0.1, -0.05) is 32.0 Å². The number of benzene rings is 1. The summed E-state index contributed by atoms with van der Waals surface area (Å²) in [6.45, 7) is 13.7. The molecule has 0 saturated carbocycles. The lowest BCUT2D eigenvalue weighted by molar-refractivity contribution is 0.185.